The average molecular weight is 379 g/mol. The summed E-state index contributed by atoms with van der Waals surface area (Å²) in [7, 11) is 0. The van der Waals surface area contributed by atoms with Gasteiger partial charge in [0.1, 0.15) is 17.1 Å². The maximum absolute atomic E-state index is 14.3. The molecule has 4 rings (SSSR count). The van der Waals surface area contributed by atoms with Gasteiger partial charge in [0.15, 0.2) is 11.6 Å². The molecule has 0 fully saturated rings. The molecule has 3 aromatic heterocycles. The molecule has 0 aliphatic heterocycles. The van der Waals surface area contributed by atoms with Crippen LogP contribution in [0.1, 0.15) is 15.9 Å². The fourth-order valence-corrected chi connectivity index (χ4v) is 2.83. The van der Waals surface area contributed by atoms with Crippen molar-refractivity contribution in [2.75, 3.05) is 0 Å². The Bertz CT molecular complexity index is 1110. The van der Waals surface area contributed by atoms with Crippen molar-refractivity contribution in [1.82, 2.24) is 24.6 Å². The van der Waals surface area contributed by atoms with Gasteiger partial charge in [-0.05, 0) is 42.0 Å². The zero-order valence-electron chi connectivity index (χ0n) is 14.6. The molecule has 3 heterocycles. The minimum absolute atomic E-state index is 0.0401. The molecule has 28 heavy (non-hydrogen) atoms. The second-order valence-corrected chi connectivity index (χ2v) is 6.02. The highest BCUT2D eigenvalue weighted by molar-refractivity contribution is 5.97. The number of rotatable bonds is 5. The molecule has 1 N–H and O–H groups in total. The Balaban J connectivity index is 1.72. The summed E-state index contributed by atoms with van der Waals surface area (Å²) in [5.41, 5.74) is 1.19. The molecule has 8 heteroatoms. The van der Waals surface area contributed by atoms with Crippen molar-refractivity contribution < 1.29 is 13.6 Å². The largest absolute Gasteiger partial charge is 0.348 e. The number of aromatic nitrogens is 4. The van der Waals surface area contributed by atoms with E-state index >= 15 is 0 Å². The van der Waals surface area contributed by atoms with Crippen LogP contribution in [0.3, 0.4) is 0 Å². The zero-order valence-corrected chi connectivity index (χ0v) is 14.6. The third-order valence-corrected chi connectivity index (χ3v) is 4.18. The Labute approximate surface area is 159 Å². The zero-order chi connectivity index (χ0) is 19.5. The number of carbonyl (C=O) groups is 1. The molecule has 0 radical (unpaired) electrons. The predicted molar refractivity (Wildman–Crippen MR) is 98.2 cm³/mol. The van der Waals surface area contributed by atoms with Crippen molar-refractivity contribution in [3.05, 3.63) is 96.2 Å². The Morgan fingerprint density at radius 2 is 1.82 bits per heavy atom. The summed E-state index contributed by atoms with van der Waals surface area (Å²) in [6, 6.07) is 10.3. The Morgan fingerprint density at radius 1 is 1.07 bits per heavy atom. The Hall–Kier alpha value is -3.81. The molecule has 0 atom stereocenters. The number of carbonyl (C=O) groups excluding carboxylic acids is 1. The van der Waals surface area contributed by atoms with E-state index in [0.717, 1.165) is 17.7 Å². The molecule has 4 aromatic rings. The lowest BCUT2D eigenvalue weighted by Crippen LogP contribution is -2.24. The van der Waals surface area contributed by atoms with Gasteiger partial charge in [-0.1, -0.05) is 0 Å². The Morgan fingerprint density at radius 3 is 2.54 bits per heavy atom. The summed E-state index contributed by atoms with van der Waals surface area (Å²) in [6.45, 7) is 0.308. The number of nitrogens with zero attached hydrogens (tertiary/aromatic N) is 4. The van der Waals surface area contributed by atoms with Crippen LogP contribution in [-0.2, 0) is 6.54 Å². The minimum atomic E-state index is -0.778. The van der Waals surface area contributed by atoms with Crippen LogP contribution >= 0.6 is 0 Å². The summed E-state index contributed by atoms with van der Waals surface area (Å²) in [6.07, 6.45) is 8.08. The lowest BCUT2D eigenvalue weighted by atomic mass is 10.2. The van der Waals surface area contributed by atoms with Gasteiger partial charge in [0.25, 0.3) is 5.91 Å². The van der Waals surface area contributed by atoms with Gasteiger partial charge >= 0.3 is 0 Å². The van der Waals surface area contributed by atoms with E-state index in [1.165, 1.54) is 16.9 Å². The Kier molecular flexibility index (Phi) is 4.67. The van der Waals surface area contributed by atoms with E-state index in [-0.39, 0.29) is 17.2 Å². The summed E-state index contributed by atoms with van der Waals surface area (Å²) >= 11 is 0. The lowest BCUT2D eigenvalue weighted by molar-refractivity contribution is 0.0951. The van der Waals surface area contributed by atoms with Crippen molar-refractivity contribution in [2.45, 2.75) is 6.54 Å². The molecular weight excluding hydrogens is 364 g/mol. The SMILES string of the molecule is O=C(NCc1ccncc1)c1cnn(-c2ccc(F)cc2F)c1-n1cccc1. The van der Waals surface area contributed by atoms with Gasteiger partial charge in [0.05, 0.1) is 6.20 Å². The van der Waals surface area contributed by atoms with Crippen LogP contribution in [0.15, 0.2) is 73.4 Å². The van der Waals surface area contributed by atoms with Gasteiger partial charge in [0, 0.05) is 37.4 Å². The van der Waals surface area contributed by atoms with Gasteiger partial charge in [-0.3, -0.25) is 9.78 Å². The summed E-state index contributed by atoms with van der Waals surface area (Å²) in [5, 5.41) is 6.99. The molecule has 0 saturated carbocycles. The van der Waals surface area contributed by atoms with Crippen LogP contribution in [-0.4, -0.2) is 25.2 Å². The monoisotopic (exact) mass is 379 g/mol. The van der Waals surface area contributed by atoms with Crippen LogP contribution in [0, 0.1) is 11.6 Å². The lowest BCUT2D eigenvalue weighted by Gasteiger charge is -2.12. The van der Waals surface area contributed by atoms with Crippen LogP contribution < -0.4 is 5.32 Å². The quantitative estimate of drug-likeness (QED) is 0.579. The molecule has 1 aromatic carbocycles. The number of halogens is 2. The fourth-order valence-electron chi connectivity index (χ4n) is 2.83. The molecular formula is C20H15F2N5O. The summed E-state index contributed by atoms with van der Waals surface area (Å²) in [4.78, 5) is 16.7. The number of pyridine rings is 1. The first-order chi connectivity index (χ1) is 13.6. The van der Waals surface area contributed by atoms with E-state index in [0.29, 0.717) is 12.4 Å². The maximum Gasteiger partial charge on any atom is 0.256 e. The first-order valence-electron chi connectivity index (χ1n) is 8.47. The molecule has 0 aliphatic carbocycles. The van der Waals surface area contributed by atoms with Crippen molar-refractivity contribution >= 4 is 5.91 Å². The van der Waals surface area contributed by atoms with E-state index < -0.39 is 11.6 Å². The molecule has 0 saturated heterocycles. The van der Waals surface area contributed by atoms with Gasteiger partial charge in [-0.25, -0.2) is 13.5 Å². The molecule has 0 bridgehead atoms. The number of hydrogen-bond acceptors (Lipinski definition) is 3. The topological polar surface area (TPSA) is 64.7 Å². The molecule has 0 aliphatic rings. The highest BCUT2D eigenvalue weighted by Crippen LogP contribution is 2.22. The number of hydrogen-bond donors (Lipinski definition) is 1. The van der Waals surface area contributed by atoms with Crippen molar-refractivity contribution in [1.29, 1.82) is 0 Å². The summed E-state index contributed by atoms with van der Waals surface area (Å²) in [5.74, 6) is -1.48. The molecule has 0 spiro atoms. The molecule has 0 unspecified atom stereocenters. The van der Waals surface area contributed by atoms with E-state index in [9.17, 15) is 13.6 Å². The van der Waals surface area contributed by atoms with Crippen LogP contribution in [0.25, 0.3) is 11.5 Å². The molecule has 6 nitrogen and oxygen atoms in total. The first kappa shape index (κ1) is 17.6. The van der Waals surface area contributed by atoms with Crippen LogP contribution in [0.2, 0.25) is 0 Å². The molecule has 1 amide bonds. The van der Waals surface area contributed by atoms with Crippen molar-refractivity contribution in [3.63, 3.8) is 0 Å². The van der Waals surface area contributed by atoms with Gasteiger partial charge in [-0.2, -0.15) is 5.10 Å². The van der Waals surface area contributed by atoms with Crippen LogP contribution in [0.5, 0.6) is 0 Å². The van der Waals surface area contributed by atoms with E-state index in [1.54, 1.807) is 53.6 Å². The normalized spacial score (nSPS) is 10.8. The third kappa shape index (κ3) is 3.39. The van der Waals surface area contributed by atoms with Gasteiger partial charge < -0.3 is 9.88 Å². The van der Waals surface area contributed by atoms with E-state index in [4.69, 9.17) is 0 Å². The van der Waals surface area contributed by atoms with Crippen LogP contribution in [0.4, 0.5) is 8.78 Å². The summed E-state index contributed by atoms with van der Waals surface area (Å²) < 4.78 is 30.5. The second kappa shape index (κ2) is 7.43. The third-order valence-electron chi connectivity index (χ3n) is 4.18. The first-order valence-corrected chi connectivity index (χ1v) is 8.47. The average Bonchev–Trinajstić information content (AvgIpc) is 3.36. The van der Waals surface area contributed by atoms with Gasteiger partial charge in [-0.15, -0.1) is 0 Å². The van der Waals surface area contributed by atoms with Gasteiger partial charge in [0.2, 0.25) is 0 Å². The smallest absolute Gasteiger partial charge is 0.256 e. The maximum atomic E-state index is 14.3. The minimum Gasteiger partial charge on any atom is -0.348 e. The predicted octanol–water partition coefficient (Wildman–Crippen LogP) is 3.27. The van der Waals surface area contributed by atoms with Crippen molar-refractivity contribution in [2.24, 2.45) is 0 Å². The van der Waals surface area contributed by atoms with Crippen molar-refractivity contribution in [3.8, 4) is 11.5 Å². The van der Waals surface area contributed by atoms with E-state index in [2.05, 4.69) is 15.4 Å². The second-order valence-electron chi connectivity index (χ2n) is 6.02. The number of benzene rings is 1. The molecule has 140 valence electrons. The van der Waals surface area contributed by atoms with E-state index in [1.807, 2.05) is 0 Å². The highest BCUT2D eigenvalue weighted by atomic mass is 19.1. The standard InChI is InChI=1S/C20H15F2N5O/c21-15-3-4-18(17(22)11-15)27-20(26-9-1-2-10-26)16(13-25-27)19(28)24-12-14-5-7-23-8-6-14/h1-11,13H,12H2,(H,24,28). The number of amides is 1. The highest BCUT2D eigenvalue weighted by Gasteiger charge is 2.21. The fraction of sp³-hybridized carbons (Fsp3) is 0.0500. The number of nitrogens with one attached hydrogen (secondary N) is 1.